The van der Waals surface area contributed by atoms with Gasteiger partial charge in [-0.2, -0.15) is 4.57 Å². The third-order valence-electron chi connectivity index (χ3n) is 7.55. The number of hydrogen-bond acceptors (Lipinski definition) is 7. The maximum absolute atomic E-state index is 13.5. The van der Waals surface area contributed by atoms with Crippen LogP contribution in [0.15, 0.2) is 93.6 Å². The van der Waals surface area contributed by atoms with Crippen LogP contribution in [0.25, 0.3) is 43.9 Å². The number of allylic oxidation sites excluding steroid dienone is 1. The van der Waals surface area contributed by atoms with Crippen molar-refractivity contribution in [1.29, 1.82) is 0 Å². The first-order valence-corrected chi connectivity index (χ1v) is 16.8. The third-order valence-corrected chi connectivity index (χ3v) is 10.9. The smallest absolute Gasteiger partial charge is 0.269 e. The van der Waals surface area contributed by atoms with E-state index in [4.69, 9.17) is 9.90 Å². The van der Waals surface area contributed by atoms with Crippen molar-refractivity contribution in [2.45, 2.75) is 38.8 Å². The lowest BCUT2D eigenvalue weighted by Crippen LogP contribution is -2.35. The van der Waals surface area contributed by atoms with Crippen LogP contribution in [-0.4, -0.2) is 17.6 Å². The molecule has 0 amide bonds. The fourth-order valence-electron chi connectivity index (χ4n) is 5.61. The summed E-state index contributed by atoms with van der Waals surface area (Å²) >= 11 is 5.11. The van der Waals surface area contributed by atoms with Crippen molar-refractivity contribution in [3.63, 3.8) is 0 Å². The van der Waals surface area contributed by atoms with Gasteiger partial charge in [-0.3, -0.25) is 9.36 Å². The van der Waals surface area contributed by atoms with Crippen molar-refractivity contribution < 1.29 is 14.5 Å². The molecule has 0 saturated carbocycles. The first kappa shape index (κ1) is 29.9. The monoisotopic (exact) mass is 637 g/mol. The molecule has 222 valence electrons. The molecule has 1 aliphatic rings. The van der Waals surface area contributed by atoms with E-state index in [1.54, 1.807) is 34.4 Å². The van der Waals surface area contributed by atoms with Crippen molar-refractivity contribution in [2.75, 3.05) is 11.9 Å². The topological polar surface area (TPSA) is 69.2 Å². The minimum atomic E-state index is -1.08. The zero-order valence-corrected chi connectivity index (χ0v) is 27.3. The van der Waals surface area contributed by atoms with Gasteiger partial charge in [-0.05, 0) is 61.9 Å². The number of nitrogens with zero attached hydrogens (tertiary/aromatic N) is 3. The highest BCUT2D eigenvalue weighted by molar-refractivity contribution is 8.03. The summed E-state index contributed by atoms with van der Waals surface area (Å²) < 4.78 is 7.27. The molecular weight excluding hydrogens is 607 g/mol. The van der Waals surface area contributed by atoms with Crippen LogP contribution in [0.2, 0.25) is 0 Å². The van der Waals surface area contributed by atoms with Gasteiger partial charge < -0.3 is 14.8 Å². The lowest BCUT2D eigenvalue weighted by Gasteiger charge is -2.15. The Morgan fingerprint density at radius 3 is 2.27 bits per heavy atom. The zero-order chi connectivity index (χ0) is 31.0. The van der Waals surface area contributed by atoms with E-state index in [-0.39, 0.29) is 5.56 Å². The maximum atomic E-state index is 13.5. The van der Waals surface area contributed by atoms with Gasteiger partial charge in [0.05, 0.1) is 26.7 Å². The lowest BCUT2D eigenvalue weighted by molar-refractivity contribution is -0.664. The van der Waals surface area contributed by atoms with Gasteiger partial charge in [0.25, 0.3) is 10.6 Å². The van der Waals surface area contributed by atoms with E-state index in [9.17, 15) is 4.79 Å². The quantitative estimate of drug-likeness (QED) is 0.249. The lowest BCUT2D eigenvalue weighted by atomic mass is 10.1. The Morgan fingerprint density at radius 1 is 0.909 bits per heavy atom. The van der Waals surface area contributed by atoms with Gasteiger partial charge in [0.2, 0.25) is 5.52 Å². The average molecular weight is 638 g/mol. The van der Waals surface area contributed by atoms with Crippen molar-refractivity contribution in [1.82, 2.24) is 4.57 Å². The molecule has 9 heteroatoms. The van der Waals surface area contributed by atoms with Crippen molar-refractivity contribution in [3.8, 4) is 0 Å². The second-order valence-electron chi connectivity index (χ2n) is 10.3. The second kappa shape index (κ2) is 12.4. The van der Waals surface area contributed by atoms with Crippen LogP contribution in [0.3, 0.4) is 0 Å². The number of carboxylic acid groups (broad SMARTS) is 1. The summed E-state index contributed by atoms with van der Waals surface area (Å²) in [6.07, 6.45) is 6.28. The Bertz CT molecular complexity index is 2270. The summed E-state index contributed by atoms with van der Waals surface area (Å²) in [6.45, 7) is 6.71. The number of carbonyl (C=O) groups is 1. The molecular formula is C35H31N3O3S3. The van der Waals surface area contributed by atoms with Crippen LogP contribution >= 0.6 is 34.4 Å². The van der Waals surface area contributed by atoms with Crippen LogP contribution < -0.4 is 29.3 Å². The minimum absolute atomic E-state index is 0.0684. The third kappa shape index (κ3) is 5.47. The Hall–Kier alpha value is -4.18. The predicted octanol–water partition coefficient (Wildman–Crippen LogP) is 5.21. The van der Waals surface area contributed by atoms with Crippen LogP contribution in [0.1, 0.15) is 25.8 Å². The van der Waals surface area contributed by atoms with E-state index in [0.29, 0.717) is 6.54 Å². The van der Waals surface area contributed by atoms with Crippen molar-refractivity contribution >= 4 is 90.0 Å². The van der Waals surface area contributed by atoms with Crippen LogP contribution in [0.5, 0.6) is 0 Å². The second-order valence-corrected chi connectivity index (χ2v) is 13.5. The van der Waals surface area contributed by atoms with Crippen molar-refractivity contribution in [2.24, 2.45) is 0 Å². The molecule has 4 aromatic carbocycles. The average Bonchev–Trinajstić information content (AvgIpc) is 3.65. The molecule has 0 N–H and O–H groups in total. The number of aryl methyl sites for hydroxylation is 1. The minimum Gasteiger partial charge on any atom is -0.550 e. The standard InChI is InChI=1S/C33H28N3OS3.C2H4O2/c1-4-35-29(39-26-17-15-22-11-7-9-13-24(22)32(26)35)20-30-36(5-2)33(37)27(40-30)18-19-28-34(3)31-23-12-8-6-10-21(23)14-16-25(31)38-28;1-2(3)4/h6-20H,4-5H2,1-3H3;1H3,(H,3,4)/q+1;/p-1/b27-18-,28-19-;. The summed E-state index contributed by atoms with van der Waals surface area (Å²) in [6, 6.07) is 25.9. The van der Waals surface area contributed by atoms with Gasteiger partial charge in [0, 0.05) is 29.8 Å². The zero-order valence-electron chi connectivity index (χ0n) is 24.9. The van der Waals surface area contributed by atoms with E-state index in [0.717, 1.165) is 32.7 Å². The highest BCUT2D eigenvalue weighted by Gasteiger charge is 2.24. The van der Waals surface area contributed by atoms with E-state index in [1.807, 2.05) is 17.6 Å². The summed E-state index contributed by atoms with van der Waals surface area (Å²) in [7, 11) is 2.11. The van der Waals surface area contributed by atoms with E-state index in [1.165, 1.54) is 42.3 Å². The van der Waals surface area contributed by atoms with Gasteiger partial charge >= 0.3 is 0 Å². The molecule has 0 aliphatic carbocycles. The van der Waals surface area contributed by atoms with Crippen LogP contribution in [0, 0.1) is 0 Å². The number of thioether (sulfide) groups is 1. The Balaban J connectivity index is 0.000000810. The normalized spacial score (nSPS) is 14.5. The molecule has 0 bridgehead atoms. The molecule has 6 nitrogen and oxygen atoms in total. The van der Waals surface area contributed by atoms with E-state index >= 15 is 0 Å². The molecule has 7 rings (SSSR count). The number of carbonyl (C=O) groups excluding carboxylic acids is 1. The molecule has 0 unspecified atom stereocenters. The largest absolute Gasteiger partial charge is 0.550 e. The molecule has 1 aliphatic heterocycles. The van der Waals surface area contributed by atoms with Crippen molar-refractivity contribution in [3.05, 3.63) is 108 Å². The fourth-order valence-corrected chi connectivity index (χ4v) is 8.98. The van der Waals surface area contributed by atoms with E-state index in [2.05, 4.69) is 108 Å². The van der Waals surface area contributed by atoms with Crippen LogP contribution in [0.4, 0.5) is 5.69 Å². The van der Waals surface area contributed by atoms with Gasteiger partial charge in [-0.1, -0.05) is 77.7 Å². The molecule has 0 saturated heterocycles. The number of carboxylic acids is 1. The SMILES string of the molecule is CC(=O)[O-].CCn1c(=O)/c(=C/C=C2\Sc3ccc4ccccc4c3N2C)s/c1=C/c1sc2ccc3ccccc3c2[n+]1CC. The fraction of sp³-hybridized carbons (Fsp3) is 0.171. The molecule has 6 aromatic rings. The molecule has 0 atom stereocenters. The molecule has 0 fully saturated rings. The van der Waals surface area contributed by atoms with Gasteiger partial charge in [-0.15, -0.1) is 11.3 Å². The number of anilines is 1. The number of fused-ring (bicyclic) bond motifs is 6. The van der Waals surface area contributed by atoms with Gasteiger partial charge in [-0.25, -0.2) is 0 Å². The summed E-state index contributed by atoms with van der Waals surface area (Å²) in [5, 5.41) is 16.2. The number of aromatic nitrogens is 2. The highest BCUT2D eigenvalue weighted by atomic mass is 32.2. The first-order chi connectivity index (χ1) is 21.3. The Morgan fingerprint density at radius 2 is 1.57 bits per heavy atom. The maximum Gasteiger partial charge on any atom is 0.269 e. The highest BCUT2D eigenvalue weighted by Crippen LogP contribution is 2.48. The number of hydrogen-bond donors (Lipinski definition) is 0. The first-order valence-electron chi connectivity index (χ1n) is 14.4. The summed E-state index contributed by atoms with van der Waals surface area (Å²) in [5.74, 6) is -1.08. The Labute approximate surface area is 267 Å². The number of aliphatic carboxylic acids is 1. The molecule has 2 aromatic heterocycles. The predicted molar refractivity (Wildman–Crippen MR) is 184 cm³/mol. The number of thiazole rings is 2. The van der Waals surface area contributed by atoms with E-state index < -0.39 is 5.97 Å². The molecule has 0 radical (unpaired) electrons. The van der Waals surface area contributed by atoms with Gasteiger partial charge in [0.15, 0.2) is 0 Å². The summed E-state index contributed by atoms with van der Waals surface area (Å²) in [4.78, 5) is 25.8. The molecule has 44 heavy (non-hydrogen) atoms. The summed E-state index contributed by atoms with van der Waals surface area (Å²) in [5.41, 5.74) is 2.57. The van der Waals surface area contributed by atoms with Gasteiger partial charge in [0.1, 0.15) is 15.9 Å². The molecule has 0 spiro atoms. The van der Waals surface area contributed by atoms with Crippen LogP contribution in [-0.2, 0) is 17.9 Å². The molecule has 3 heterocycles. The number of benzene rings is 4. The Kier molecular flexibility index (Phi) is 8.44. The number of rotatable bonds is 4.